The standard InChI is InChI=1S/C9H12N2O3/c10-6-4-1-3(12)2-5(6)8(13)9(14)7(4)11/h4-7H,1-2,10-11H2. The lowest BCUT2D eigenvalue weighted by Gasteiger charge is -2.40. The minimum Gasteiger partial charge on any atom is -0.327 e. The van der Waals surface area contributed by atoms with E-state index in [0.29, 0.717) is 0 Å². The summed E-state index contributed by atoms with van der Waals surface area (Å²) in [4.78, 5) is 34.0. The lowest BCUT2D eigenvalue weighted by atomic mass is 9.65. The van der Waals surface area contributed by atoms with Crippen molar-refractivity contribution >= 4 is 17.3 Å². The Balaban J connectivity index is 2.37. The molecular formula is C9H12N2O3. The fourth-order valence-electron chi connectivity index (χ4n) is 2.34. The van der Waals surface area contributed by atoms with Crippen LogP contribution in [-0.4, -0.2) is 29.4 Å². The maximum atomic E-state index is 11.4. The zero-order chi connectivity index (χ0) is 10.5. The third-order valence-electron chi connectivity index (χ3n) is 3.21. The number of ketones is 3. The molecule has 5 heteroatoms. The molecule has 2 fully saturated rings. The van der Waals surface area contributed by atoms with E-state index in [1.165, 1.54) is 0 Å². The molecule has 4 N–H and O–H groups in total. The lowest BCUT2D eigenvalue weighted by Crippen LogP contribution is -2.63. The van der Waals surface area contributed by atoms with Crippen molar-refractivity contribution in [3.05, 3.63) is 0 Å². The van der Waals surface area contributed by atoms with Crippen LogP contribution in [0.25, 0.3) is 0 Å². The number of carbonyl (C=O) groups is 3. The van der Waals surface area contributed by atoms with Gasteiger partial charge < -0.3 is 11.5 Å². The number of Topliss-reactive ketones (excluding diaryl/α,β-unsaturated/α-hetero) is 3. The molecule has 0 amide bonds. The zero-order valence-corrected chi connectivity index (χ0v) is 7.60. The fourth-order valence-corrected chi connectivity index (χ4v) is 2.34. The van der Waals surface area contributed by atoms with Crippen LogP contribution in [0.5, 0.6) is 0 Å². The summed E-state index contributed by atoms with van der Waals surface area (Å²) in [6.45, 7) is 0. The third kappa shape index (κ3) is 1.13. The van der Waals surface area contributed by atoms with Crippen LogP contribution in [0.15, 0.2) is 0 Å². The number of hydrogen-bond acceptors (Lipinski definition) is 5. The van der Waals surface area contributed by atoms with Crippen LogP contribution in [0.3, 0.4) is 0 Å². The molecule has 2 rings (SSSR count). The van der Waals surface area contributed by atoms with Crippen molar-refractivity contribution in [1.29, 1.82) is 0 Å². The molecule has 14 heavy (non-hydrogen) atoms. The molecule has 2 aliphatic rings. The molecular weight excluding hydrogens is 184 g/mol. The van der Waals surface area contributed by atoms with Gasteiger partial charge >= 0.3 is 0 Å². The smallest absolute Gasteiger partial charge is 0.215 e. The van der Waals surface area contributed by atoms with Gasteiger partial charge in [-0.05, 0) is 0 Å². The number of nitrogens with two attached hydrogens (primary N) is 2. The number of hydrogen-bond donors (Lipinski definition) is 2. The maximum absolute atomic E-state index is 11.4. The van der Waals surface area contributed by atoms with Crippen LogP contribution in [0, 0.1) is 11.8 Å². The second kappa shape index (κ2) is 2.96. The minimum atomic E-state index is -0.877. The van der Waals surface area contributed by atoms with E-state index in [0.717, 1.165) is 0 Å². The number of rotatable bonds is 0. The summed E-state index contributed by atoms with van der Waals surface area (Å²) < 4.78 is 0. The summed E-state index contributed by atoms with van der Waals surface area (Å²) in [5, 5.41) is 0. The van der Waals surface area contributed by atoms with Crippen molar-refractivity contribution in [2.45, 2.75) is 24.9 Å². The first-order chi connectivity index (χ1) is 6.52. The molecule has 4 atom stereocenters. The van der Waals surface area contributed by atoms with Gasteiger partial charge in [0.25, 0.3) is 0 Å². The maximum Gasteiger partial charge on any atom is 0.215 e. The molecule has 0 aromatic heterocycles. The number of fused-ring (bicyclic) bond motifs is 2. The molecule has 0 saturated heterocycles. The van der Waals surface area contributed by atoms with E-state index in [1.807, 2.05) is 0 Å². The van der Waals surface area contributed by atoms with Gasteiger partial charge in [0.1, 0.15) is 5.78 Å². The topological polar surface area (TPSA) is 103 Å². The van der Waals surface area contributed by atoms with Crippen molar-refractivity contribution in [3.8, 4) is 0 Å². The molecule has 0 heterocycles. The lowest BCUT2D eigenvalue weighted by molar-refractivity contribution is -0.148. The predicted molar refractivity (Wildman–Crippen MR) is 47.2 cm³/mol. The first-order valence-electron chi connectivity index (χ1n) is 4.63. The zero-order valence-electron chi connectivity index (χ0n) is 7.60. The quantitative estimate of drug-likeness (QED) is 0.453. The first kappa shape index (κ1) is 9.48. The van der Waals surface area contributed by atoms with E-state index >= 15 is 0 Å². The highest BCUT2D eigenvalue weighted by molar-refractivity contribution is 6.41. The Hall–Kier alpha value is -1.07. The third-order valence-corrected chi connectivity index (χ3v) is 3.21. The summed E-state index contributed by atoms with van der Waals surface area (Å²) in [5.41, 5.74) is 11.4. The molecule has 2 aliphatic carbocycles. The predicted octanol–water partition coefficient (Wildman–Crippen LogP) is -1.61. The molecule has 5 nitrogen and oxygen atoms in total. The summed E-state index contributed by atoms with van der Waals surface area (Å²) >= 11 is 0. The van der Waals surface area contributed by atoms with Gasteiger partial charge in [-0.25, -0.2) is 0 Å². The van der Waals surface area contributed by atoms with Crippen molar-refractivity contribution in [1.82, 2.24) is 0 Å². The van der Waals surface area contributed by atoms with E-state index in [1.54, 1.807) is 0 Å². The SMILES string of the molecule is NC1C(=O)C(=O)C2CC(=O)CC1C2N. The van der Waals surface area contributed by atoms with Crippen molar-refractivity contribution in [3.63, 3.8) is 0 Å². The minimum absolute atomic E-state index is 0.0157. The highest BCUT2D eigenvalue weighted by Gasteiger charge is 2.50. The average molecular weight is 196 g/mol. The van der Waals surface area contributed by atoms with Crippen LogP contribution in [0.4, 0.5) is 0 Å². The Morgan fingerprint density at radius 2 is 1.64 bits per heavy atom. The molecule has 0 spiro atoms. The summed E-state index contributed by atoms with van der Waals surface area (Å²) in [7, 11) is 0. The molecule has 0 aromatic rings. The van der Waals surface area contributed by atoms with Gasteiger partial charge in [-0.15, -0.1) is 0 Å². The van der Waals surface area contributed by atoms with E-state index in [4.69, 9.17) is 11.5 Å². The van der Waals surface area contributed by atoms with Gasteiger partial charge in [-0.1, -0.05) is 0 Å². The Morgan fingerprint density at radius 1 is 1.00 bits per heavy atom. The van der Waals surface area contributed by atoms with Crippen LogP contribution < -0.4 is 11.5 Å². The first-order valence-corrected chi connectivity index (χ1v) is 4.63. The molecule has 4 unspecified atom stereocenters. The van der Waals surface area contributed by atoms with E-state index in [-0.39, 0.29) is 24.5 Å². The van der Waals surface area contributed by atoms with Gasteiger partial charge in [0.05, 0.1) is 6.04 Å². The van der Waals surface area contributed by atoms with Gasteiger partial charge in [-0.3, -0.25) is 14.4 Å². The van der Waals surface area contributed by atoms with Crippen molar-refractivity contribution in [2.24, 2.45) is 23.3 Å². The van der Waals surface area contributed by atoms with Gasteiger partial charge in [0.2, 0.25) is 11.6 Å². The van der Waals surface area contributed by atoms with Crippen LogP contribution in [-0.2, 0) is 14.4 Å². The fraction of sp³-hybridized carbons (Fsp3) is 0.667. The van der Waals surface area contributed by atoms with E-state index in [2.05, 4.69) is 0 Å². The second-order valence-electron chi connectivity index (χ2n) is 4.05. The summed E-state index contributed by atoms with van der Waals surface area (Å²) in [6, 6.07) is -1.30. The van der Waals surface area contributed by atoms with Crippen molar-refractivity contribution < 1.29 is 14.4 Å². The van der Waals surface area contributed by atoms with Crippen LogP contribution in [0.2, 0.25) is 0 Å². The van der Waals surface area contributed by atoms with Gasteiger partial charge in [0, 0.05) is 30.7 Å². The second-order valence-corrected chi connectivity index (χ2v) is 4.05. The summed E-state index contributed by atoms with van der Waals surface area (Å²) in [6.07, 6.45) is 0.340. The molecule has 0 aromatic carbocycles. The Bertz CT molecular complexity index is 326. The Kier molecular flexibility index (Phi) is 2.01. The normalized spacial score (nSPS) is 42.9. The Morgan fingerprint density at radius 3 is 2.29 bits per heavy atom. The molecule has 0 radical (unpaired) electrons. The highest BCUT2D eigenvalue weighted by Crippen LogP contribution is 2.33. The molecule has 76 valence electrons. The van der Waals surface area contributed by atoms with E-state index < -0.39 is 29.6 Å². The van der Waals surface area contributed by atoms with E-state index in [9.17, 15) is 14.4 Å². The van der Waals surface area contributed by atoms with Gasteiger partial charge in [-0.2, -0.15) is 0 Å². The van der Waals surface area contributed by atoms with Gasteiger partial charge in [0.15, 0.2) is 0 Å². The molecule has 2 bridgehead atoms. The summed E-state index contributed by atoms with van der Waals surface area (Å²) in [5.74, 6) is -2.10. The van der Waals surface area contributed by atoms with Crippen LogP contribution >= 0.6 is 0 Å². The number of carbonyl (C=O) groups excluding carboxylic acids is 3. The largest absolute Gasteiger partial charge is 0.327 e. The van der Waals surface area contributed by atoms with Crippen LogP contribution in [0.1, 0.15) is 12.8 Å². The Labute approximate surface area is 80.8 Å². The highest BCUT2D eigenvalue weighted by atomic mass is 16.2. The molecule has 2 saturated carbocycles. The van der Waals surface area contributed by atoms with Crippen molar-refractivity contribution in [2.75, 3.05) is 0 Å². The average Bonchev–Trinajstić information content (AvgIpc) is 2.16. The molecule has 0 aliphatic heterocycles. The monoisotopic (exact) mass is 196 g/mol.